The summed E-state index contributed by atoms with van der Waals surface area (Å²) in [6.07, 6.45) is 3.45. The van der Waals surface area contributed by atoms with Gasteiger partial charge in [0.15, 0.2) is 5.65 Å². The Morgan fingerprint density at radius 2 is 2.00 bits per heavy atom. The number of carbonyl (C=O) groups is 1. The maximum absolute atomic E-state index is 12.9. The molecule has 1 fully saturated rings. The molecular weight excluding hydrogens is 382 g/mol. The Morgan fingerprint density at radius 3 is 2.67 bits per heavy atom. The number of hydrogen-bond acceptors (Lipinski definition) is 5. The normalized spacial score (nSPS) is 15.8. The summed E-state index contributed by atoms with van der Waals surface area (Å²) >= 11 is 7.62. The van der Waals surface area contributed by atoms with E-state index in [0.29, 0.717) is 5.56 Å². The van der Waals surface area contributed by atoms with Gasteiger partial charge in [-0.2, -0.15) is 5.10 Å². The van der Waals surface area contributed by atoms with Crippen molar-refractivity contribution in [2.24, 2.45) is 0 Å². The summed E-state index contributed by atoms with van der Waals surface area (Å²) in [5.74, 6) is 0.0421. The van der Waals surface area contributed by atoms with Crippen molar-refractivity contribution in [3.63, 3.8) is 0 Å². The zero-order chi connectivity index (χ0) is 19.0. The van der Waals surface area contributed by atoms with E-state index in [-0.39, 0.29) is 11.9 Å². The lowest BCUT2D eigenvalue weighted by atomic mass is 10.2. The summed E-state index contributed by atoms with van der Waals surface area (Å²) in [6.45, 7) is 8.20. The van der Waals surface area contributed by atoms with E-state index in [9.17, 15) is 4.79 Å². The SMILES string of the molecule is CC(C)n1ncc2cc(C(=O)N3CCN(Cc4ccc(Cl)s4)CC3)cnc21. The Balaban J connectivity index is 1.41. The summed E-state index contributed by atoms with van der Waals surface area (Å²) in [6, 6.07) is 6.15. The van der Waals surface area contributed by atoms with Gasteiger partial charge in [0.25, 0.3) is 5.91 Å². The second-order valence-electron chi connectivity index (χ2n) is 7.09. The summed E-state index contributed by atoms with van der Waals surface area (Å²) < 4.78 is 2.70. The van der Waals surface area contributed by atoms with Crippen molar-refractivity contribution in [3.8, 4) is 0 Å². The van der Waals surface area contributed by atoms with Crippen molar-refractivity contribution < 1.29 is 4.79 Å². The Bertz CT molecular complexity index is 958. The number of halogens is 1. The number of thiophene rings is 1. The molecule has 0 saturated carbocycles. The van der Waals surface area contributed by atoms with Crippen LogP contribution in [-0.4, -0.2) is 56.7 Å². The molecule has 142 valence electrons. The molecule has 1 aliphatic rings. The van der Waals surface area contributed by atoms with Gasteiger partial charge in [-0.05, 0) is 32.0 Å². The highest BCUT2D eigenvalue weighted by atomic mass is 35.5. The van der Waals surface area contributed by atoms with Crippen molar-refractivity contribution in [1.82, 2.24) is 24.6 Å². The lowest BCUT2D eigenvalue weighted by Gasteiger charge is -2.34. The highest BCUT2D eigenvalue weighted by Crippen LogP contribution is 2.23. The molecule has 4 heterocycles. The quantitative estimate of drug-likeness (QED) is 0.666. The molecule has 1 amide bonds. The zero-order valence-corrected chi connectivity index (χ0v) is 17.0. The van der Waals surface area contributed by atoms with E-state index in [4.69, 9.17) is 11.6 Å². The molecule has 0 aromatic carbocycles. The van der Waals surface area contributed by atoms with Crippen LogP contribution in [0.2, 0.25) is 4.34 Å². The first-order valence-corrected chi connectivity index (χ1v) is 10.3. The van der Waals surface area contributed by atoms with E-state index in [1.165, 1.54) is 4.88 Å². The minimum atomic E-state index is 0.0421. The van der Waals surface area contributed by atoms with E-state index >= 15 is 0 Å². The predicted molar refractivity (Wildman–Crippen MR) is 108 cm³/mol. The van der Waals surface area contributed by atoms with Crippen LogP contribution in [0.15, 0.2) is 30.6 Å². The fourth-order valence-electron chi connectivity index (χ4n) is 3.38. The number of fused-ring (bicyclic) bond motifs is 1. The minimum Gasteiger partial charge on any atom is -0.336 e. The molecule has 0 spiro atoms. The minimum absolute atomic E-state index is 0.0421. The number of carbonyl (C=O) groups excluding carboxylic acids is 1. The van der Waals surface area contributed by atoms with Gasteiger partial charge in [0.1, 0.15) is 0 Å². The summed E-state index contributed by atoms with van der Waals surface area (Å²) in [5, 5.41) is 5.28. The molecule has 3 aromatic rings. The average molecular weight is 404 g/mol. The standard InChI is InChI=1S/C19H22ClN5OS/c1-13(2)25-18-14(11-22-25)9-15(10-21-18)19(26)24-7-5-23(6-8-24)12-16-3-4-17(20)27-16/h3-4,9-11,13H,5-8,12H2,1-2H3. The number of rotatable bonds is 4. The van der Waals surface area contributed by atoms with E-state index in [1.54, 1.807) is 23.7 Å². The van der Waals surface area contributed by atoms with Crippen LogP contribution in [0, 0.1) is 0 Å². The van der Waals surface area contributed by atoms with E-state index in [1.807, 2.05) is 21.7 Å². The largest absolute Gasteiger partial charge is 0.336 e. The Kier molecular flexibility index (Phi) is 5.16. The van der Waals surface area contributed by atoms with Crippen molar-refractivity contribution >= 4 is 39.9 Å². The molecule has 0 aliphatic carbocycles. The van der Waals surface area contributed by atoms with Crippen molar-refractivity contribution in [1.29, 1.82) is 0 Å². The van der Waals surface area contributed by atoms with Crippen LogP contribution in [0.25, 0.3) is 11.0 Å². The first-order valence-electron chi connectivity index (χ1n) is 9.10. The molecule has 3 aromatic heterocycles. The molecule has 1 saturated heterocycles. The van der Waals surface area contributed by atoms with Gasteiger partial charge in [-0.1, -0.05) is 11.6 Å². The number of aromatic nitrogens is 3. The molecule has 1 aliphatic heterocycles. The molecule has 4 rings (SSSR count). The van der Waals surface area contributed by atoms with Gasteiger partial charge < -0.3 is 4.90 Å². The van der Waals surface area contributed by atoms with Gasteiger partial charge in [-0.3, -0.25) is 9.69 Å². The molecule has 0 N–H and O–H groups in total. The maximum atomic E-state index is 12.9. The molecule has 6 nitrogen and oxygen atoms in total. The smallest absolute Gasteiger partial charge is 0.255 e. The third-order valence-electron chi connectivity index (χ3n) is 4.84. The monoisotopic (exact) mass is 403 g/mol. The van der Waals surface area contributed by atoms with Gasteiger partial charge in [0.05, 0.1) is 16.1 Å². The number of hydrogen-bond donors (Lipinski definition) is 0. The molecule has 0 bridgehead atoms. The lowest BCUT2D eigenvalue weighted by molar-refractivity contribution is 0.0629. The van der Waals surface area contributed by atoms with Gasteiger partial charge in [0.2, 0.25) is 0 Å². The summed E-state index contributed by atoms with van der Waals surface area (Å²) in [5.41, 5.74) is 1.45. The Hall–Kier alpha value is -1.96. The van der Waals surface area contributed by atoms with Gasteiger partial charge in [-0.15, -0.1) is 11.3 Å². The summed E-state index contributed by atoms with van der Waals surface area (Å²) in [7, 11) is 0. The van der Waals surface area contributed by atoms with Crippen LogP contribution in [0.3, 0.4) is 0 Å². The van der Waals surface area contributed by atoms with E-state index < -0.39 is 0 Å². The van der Waals surface area contributed by atoms with Crippen LogP contribution < -0.4 is 0 Å². The molecule has 0 radical (unpaired) electrons. The molecule has 8 heteroatoms. The van der Waals surface area contributed by atoms with Crippen molar-refractivity contribution in [2.75, 3.05) is 26.2 Å². The van der Waals surface area contributed by atoms with Crippen LogP contribution >= 0.6 is 22.9 Å². The summed E-state index contributed by atoms with van der Waals surface area (Å²) in [4.78, 5) is 22.9. The van der Waals surface area contributed by atoms with E-state index in [0.717, 1.165) is 48.1 Å². The lowest BCUT2D eigenvalue weighted by Crippen LogP contribution is -2.48. The molecule has 0 atom stereocenters. The van der Waals surface area contributed by atoms with E-state index in [2.05, 4.69) is 34.9 Å². The van der Waals surface area contributed by atoms with Gasteiger partial charge >= 0.3 is 0 Å². The molecular formula is C19H22ClN5OS. The second kappa shape index (κ2) is 7.58. The highest BCUT2D eigenvalue weighted by Gasteiger charge is 2.23. The van der Waals surface area contributed by atoms with Crippen LogP contribution in [-0.2, 0) is 6.54 Å². The van der Waals surface area contributed by atoms with Crippen LogP contribution in [0.5, 0.6) is 0 Å². The van der Waals surface area contributed by atoms with Crippen molar-refractivity contribution in [3.05, 3.63) is 45.4 Å². The Labute approximate surface area is 167 Å². The van der Waals surface area contributed by atoms with Gasteiger partial charge in [0, 0.05) is 55.2 Å². The predicted octanol–water partition coefficient (Wildman–Crippen LogP) is 3.69. The third kappa shape index (κ3) is 3.85. The topological polar surface area (TPSA) is 54.3 Å². The molecule has 0 unspecified atom stereocenters. The fraction of sp³-hybridized carbons (Fsp3) is 0.421. The van der Waals surface area contributed by atoms with Crippen molar-refractivity contribution in [2.45, 2.75) is 26.4 Å². The first kappa shape index (κ1) is 18.4. The average Bonchev–Trinajstić information content (AvgIpc) is 3.27. The Morgan fingerprint density at radius 1 is 1.22 bits per heavy atom. The molecule has 27 heavy (non-hydrogen) atoms. The number of nitrogens with zero attached hydrogens (tertiary/aromatic N) is 5. The third-order valence-corrected chi connectivity index (χ3v) is 6.05. The van der Waals surface area contributed by atoms with Crippen LogP contribution in [0.4, 0.5) is 0 Å². The fourth-order valence-corrected chi connectivity index (χ4v) is 4.51. The highest BCUT2D eigenvalue weighted by molar-refractivity contribution is 7.16. The second-order valence-corrected chi connectivity index (χ2v) is 8.89. The zero-order valence-electron chi connectivity index (χ0n) is 15.4. The number of piperazine rings is 1. The maximum Gasteiger partial charge on any atom is 0.255 e. The number of pyridine rings is 1. The number of amides is 1. The van der Waals surface area contributed by atoms with Crippen LogP contribution in [0.1, 0.15) is 35.1 Å². The van der Waals surface area contributed by atoms with Gasteiger partial charge in [-0.25, -0.2) is 9.67 Å². The first-order chi connectivity index (χ1) is 13.0.